The van der Waals surface area contributed by atoms with E-state index >= 15 is 0 Å². The number of hydrogen-bond donors (Lipinski definition) is 1. The summed E-state index contributed by atoms with van der Waals surface area (Å²) in [6.45, 7) is 5.46. The van der Waals surface area contributed by atoms with Gasteiger partial charge in [-0.15, -0.1) is 0 Å². The summed E-state index contributed by atoms with van der Waals surface area (Å²) in [6.07, 6.45) is 5.25. The Labute approximate surface area is 176 Å². The Balaban J connectivity index is 1.43. The van der Waals surface area contributed by atoms with Crippen molar-refractivity contribution in [2.24, 2.45) is 5.92 Å². The number of nitrogens with one attached hydrogen (secondary N) is 1. The lowest BCUT2D eigenvalue weighted by Crippen LogP contribution is -2.41. The molecule has 1 aliphatic heterocycles. The third-order valence-electron chi connectivity index (χ3n) is 5.53. The van der Waals surface area contributed by atoms with Crippen LogP contribution in [0.2, 0.25) is 0 Å². The summed E-state index contributed by atoms with van der Waals surface area (Å²) in [5, 5.41) is 3.08. The van der Waals surface area contributed by atoms with Crippen molar-refractivity contribution in [3.05, 3.63) is 71.8 Å². The number of nitrogens with zero attached hydrogens (tertiary/aromatic N) is 3. The highest BCUT2D eigenvalue weighted by molar-refractivity contribution is 5.93. The number of hydrogen-bond acceptors (Lipinski definition) is 4. The van der Waals surface area contributed by atoms with E-state index in [9.17, 15) is 9.18 Å². The van der Waals surface area contributed by atoms with E-state index in [0.717, 1.165) is 41.8 Å². The zero-order valence-electron chi connectivity index (χ0n) is 17.2. The Morgan fingerprint density at radius 3 is 2.50 bits per heavy atom. The number of rotatable bonds is 4. The second-order valence-corrected chi connectivity index (χ2v) is 7.87. The van der Waals surface area contributed by atoms with Crippen molar-refractivity contribution >= 4 is 17.5 Å². The van der Waals surface area contributed by atoms with Crippen molar-refractivity contribution in [1.82, 2.24) is 9.97 Å². The highest BCUT2D eigenvalue weighted by Gasteiger charge is 2.27. The lowest BCUT2D eigenvalue weighted by molar-refractivity contribution is -0.120. The number of carbonyl (C=O) groups is 1. The van der Waals surface area contributed by atoms with Crippen molar-refractivity contribution in [3.63, 3.8) is 0 Å². The summed E-state index contributed by atoms with van der Waals surface area (Å²) in [5.74, 6) is 0.272. The molecule has 154 valence electrons. The molecule has 1 aliphatic rings. The second-order valence-electron chi connectivity index (χ2n) is 7.87. The molecule has 6 heteroatoms. The minimum atomic E-state index is -0.269. The van der Waals surface area contributed by atoms with Crippen LogP contribution in [0.3, 0.4) is 0 Å². The third-order valence-corrected chi connectivity index (χ3v) is 5.53. The molecule has 0 unspecified atom stereocenters. The molecule has 4 rings (SSSR count). The molecular weight excluding hydrogens is 379 g/mol. The van der Waals surface area contributed by atoms with Gasteiger partial charge < -0.3 is 10.2 Å². The van der Waals surface area contributed by atoms with Gasteiger partial charge in [-0.3, -0.25) is 4.79 Å². The van der Waals surface area contributed by atoms with Gasteiger partial charge in [-0.2, -0.15) is 0 Å². The quantitative estimate of drug-likeness (QED) is 0.681. The van der Waals surface area contributed by atoms with Gasteiger partial charge in [0, 0.05) is 36.7 Å². The number of amides is 1. The summed E-state index contributed by atoms with van der Waals surface area (Å²) < 4.78 is 13.1. The summed E-state index contributed by atoms with van der Waals surface area (Å²) >= 11 is 0. The fourth-order valence-corrected chi connectivity index (χ4v) is 3.84. The standard InChI is InChI=1S/C24H25FN4O/c1-16-5-10-22(17(2)12-16)28-23(30)19-4-3-11-29(15-19)24-26-13-20(14-27-24)18-6-8-21(25)9-7-18/h5-10,12-14,19H,3-4,11,15H2,1-2H3,(H,28,30)/t19-/m0/s1. The van der Waals surface area contributed by atoms with E-state index in [0.29, 0.717) is 12.5 Å². The van der Waals surface area contributed by atoms with Crippen molar-refractivity contribution in [1.29, 1.82) is 0 Å². The topological polar surface area (TPSA) is 58.1 Å². The molecule has 2 heterocycles. The van der Waals surface area contributed by atoms with Crippen LogP contribution in [0.15, 0.2) is 54.9 Å². The zero-order valence-corrected chi connectivity index (χ0v) is 17.2. The molecule has 1 atom stereocenters. The van der Waals surface area contributed by atoms with E-state index in [2.05, 4.69) is 26.3 Å². The number of benzene rings is 2. The SMILES string of the molecule is Cc1ccc(NC(=O)[C@H]2CCCN(c3ncc(-c4ccc(F)cc4)cn3)C2)c(C)c1. The Morgan fingerprint density at radius 2 is 1.80 bits per heavy atom. The number of carbonyl (C=O) groups excluding carboxylic acids is 1. The van der Waals surface area contributed by atoms with Crippen LogP contribution in [-0.2, 0) is 4.79 Å². The molecule has 1 N–H and O–H groups in total. The third kappa shape index (κ3) is 4.48. The van der Waals surface area contributed by atoms with E-state index in [1.807, 2.05) is 26.0 Å². The Morgan fingerprint density at radius 1 is 1.07 bits per heavy atom. The van der Waals surface area contributed by atoms with Crippen LogP contribution in [0.1, 0.15) is 24.0 Å². The van der Waals surface area contributed by atoms with E-state index < -0.39 is 0 Å². The second kappa shape index (κ2) is 8.61. The maximum Gasteiger partial charge on any atom is 0.229 e. The van der Waals surface area contributed by atoms with E-state index in [4.69, 9.17) is 0 Å². The molecule has 0 spiro atoms. The monoisotopic (exact) mass is 404 g/mol. The molecule has 1 saturated heterocycles. The number of aromatic nitrogens is 2. The van der Waals surface area contributed by atoms with Crippen LogP contribution in [0.5, 0.6) is 0 Å². The first kappa shape index (κ1) is 20.0. The van der Waals surface area contributed by atoms with Crippen molar-refractivity contribution < 1.29 is 9.18 Å². The smallest absolute Gasteiger partial charge is 0.229 e. The largest absolute Gasteiger partial charge is 0.340 e. The van der Waals surface area contributed by atoms with Gasteiger partial charge in [0.2, 0.25) is 11.9 Å². The molecular formula is C24H25FN4O. The number of halogens is 1. The molecule has 0 saturated carbocycles. The minimum absolute atomic E-state index is 0.0367. The molecule has 0 radical (unpaired) electrons. The lowest BCUT2D eigenvalue weighted by Gasteiger charge is -2.32. The van der Waals surface area contributed by atoms with Gasteiger partial charge >= 0.3 is 0 Å². The Hall–Kier alpha value is -3.28. The van der Waals surface area contributed by atoms with Gasteiger partial charge in [0.15, 0.2) is 0 Å². The first-order valence-corrected chi connectivity index (χ1v) is 10.2. The molecule has 0 aliphatic carbocycles. The highest BCUT2D eigenvalue weighted by atomic mass is 19.1. The summed E-state index contributed by atoms with van der Waals surface area (Å²) in [5.41, 5.74) is 4.81. The number of aryl methyl sites for hydroxylation is 2. The lowest BCUT2D eigenvalue weighted by atomic mass is 9.97. The van der Waals surface area contributed by atoms with Crippen LogP contribution in [0.25, 0.3) is 11.1 Å². The maximum atomic E-state index is 13.1. The number of piperidine rings is 1. The predicted molar refractivity (Wildman–Crippen MR) is 117 cm³/mol. The molecule has 0 bridgehead atoms. The van der Waals surface area contributed by atoms with Crippen LogP contribution in [0, 0.1) is 25.6 Å². The average Bonchev–Trinajstić information content (AvgIpc) is 2.76. The van der Waals surface area contributed by atoms with Crippen LogP contribution in [0.4, 0.5) is 16.0 Å². The van der Waals surface area contributed by atoms with E-state index in [-0.39, 0.29) is 17.6 Å². The van der Waals surface area contributed by atoms with Gasteiger partial charge in [-0.25, -0.2) is 14.4 Å². The predicted octanol–water partition coefficient (Wildman–Crippen LogP) is 4.75. The Bertz CT molecular complexity index is 1030. The molecule has 1 aromatic heterocycles. The first-order valence-electron chi connectivity index (χ1n) is 10.2. The number of anilines is 2. The fraction of sp³-hybridized carbons (Fsp3) is 0.292. The summed E-state index contributed by atoms with van der Waals surface area (Å²) in [7, 11) is 0. The Kier molecular flexibility index (Phi) is 5.74. The fourth-order valence-electron chi connectivity index (χ4n) is 3.84. The molecule has 1 fully saturated rings. The highest BCUT2D eigenvalue weighted by Crippen LogP contribution is 2.25. The van der Waals surface area contributed by atoms with Gasteiger partial charge in [-0.1, -0.05) is 29.8 Å². The van der Waals surface area contributed by atoms with Crippen molar-refractivity contribution in [2.75, 3.05) is 23.3 Å². The van der Waals surface area contributed by atoms with Gasteiger partial charge in [0.05, 0.1) is 5.92 Å². The molecule has 30 heavy (non-hydrogen) atoms. The van der Waals surface area contributed by atoms with Crippen molar-refractivity contribution in [2.45, 2.75) is 26.7 Å². The molecule has 3 aromatic rings. The van der Waals surface area contributed by atoms with Crippen LogP contribution < -0.4 is 10.2 Å². The van der Waals surface area contributed by atoms with Gasteiger partial charge in [-0.05, 0) is 56.0 Å². The molecule has 5 nitrogen and oxygen atoms in total. The summed E-state index contributed by atoms with van der Waals surface area (Å²) in [4.78, 5) is 23.9. The van der Waals surface area contributed by atoms with Crippen LogP contribution in [-0.4, -0.2) is 29.0 Å². The maximum absolute atomic E-state index is 13.1. The first-order chi connectivity index (χ1) is 14.5. The zero-order chi connectivity index (χ0) is 21.1. The van der Waals surface area contributed by atoms with Crippen LogP contribution >= 0.6 is 0 Å². The summed E-state index contributed by atoms with van der Waals surface area (Å²) in [6, 6.07) is 12.3. The molecule has 1 amide bonds. The van der Waals surface area contributed by atoms with E-state index in [1.54, 1.807) is 24.5 Å². The van der Waals surface area contributed by atoms with Crippen molar-refractivity contribution in [3.8, 4) is 11.1 Å². The normalized spacial score (nSPS) is 16.4. The van der Waals surface area contributed by atoms with Gasteiger partial charge in [0.1, 0.15) is 5.82 Å². The average molecular weight is 404 g/mol. The van der Waals surface area contributed by atoms with E-state index in [1.165, 1.54) is 17.7 Å². The van der Waals surface area contributed by atoms with Gasteiger partial charge in [0.25, 0.3) is 0 Å². The molecule has 2 aromatic carbocycles. The minimum Gasteiger partial charge on any atom is -0.340 e.